The molecule has 0 unspecified atom stereocenters. The molecule has 0 bridgehead atoms. The molecule has 2 rings (SSSR count). The lowest BCUT2D eigenvalue weighted by Crippen LogP contribution is -2.28. The predicted molar refractivity (Wildman–Crippen MR) is 81.7 cm³/mol. The molecule has 1 N–H and O–H groups in total. The third kappa shape index (κ3) is 6.08. The molecule has 0 aliphatic rings. The van der Waals surface area contributed by atoms with Gasteiger partial charge in [0.2, 0.25) is 0 Å². The van der Waals surface area contributed by atoms with Gasteiger partial charge in [-0.05, 0) is 30.3 Å². The van der Waals surface area contributed by atoms with Crippen LogP contribution in [0, 0.1) is 5.82 Å². The van der Waals surface area contributed by atoms with Gasteiger partial charge in [0.1, 0.15) is 11.6 Å². The van der Waals surface area contributed by atoms with Gasteiger partial charge in [-0.3, -0.25) is 4.79 Å². The van der Waals surface area contributed by atoms with Crippen molar-refractivity contribution in [3.63, 3.8) is 0 Å². The SMILES string of the molecule is O=C(COC(=O)c1ccc(OC(F)(F)F)cc1)NCc1ccccc1F. The number of nitrogens with one attached hydrogen (secondary N) is 1. The summed E-state index contributed by atoms with van der Waals surface area (Å²) in [7, 11) is 0. The Hall–Kier alpha value is -3.10. The van der Waals surface area contributed by atoms with Gasteiger partial charge in [0.25, 0.3) is 5.91 Å². The molecular weight excluding hydrogens is 358 g/mol. The van der Waals surface area contributed by atoms with Crippen molar-refractivity contribution in [1.29, 1.82) is 0 Å². The number of alkyl halides is 3. The Morgan fingerprint density at radius 3 is 2.27 bits per heavy atom. The smallest absolute Gasteiger partial charge is 0.452 e. The molecule has 0 saturated carbocycles. The minimum absolute atomic E-state index is 0.0542. The van der Waals surface area contributed by atoms with Crippen molar-refractivity contribution in [1.82, 2.24) is 5.32 Å². The van der Waals surface area contributed by atoms with E-state index in [1.165, 1.54) is 18.2 Å². The van der Waals surface area contributed by atoms with Gasteiger partial charge in [0.05, 0.1) is 5.56 Å². The van der Waals surface area contributed by atoms with Crippen LogP contribution in [0.4, 0.5) is 17.6 Å². The van der Waals surface area contributed by atoms with E-state index in [9.17, 15) is 27.2 Å². The molecule has 0 aliphatic carbocycles. The maximum atomic E-state index is 13.4. The van der Waals surface area contributed by atoms with Crippen LogP contribution in [0.25, 0.3) is 0 Å². The molecule has 26 heavy (non-hydrogen) atoms. The molecule has 2 aromatic rings. The fourth-order valence-electron chi connectivity index (χ4n) is 1.89. The standard InChI is InChI=1S/C17H13F4NO4/c18-14-4-2-1-3-12(14)9-22-15(23)10-25-16(24)11-5-7-13(8-6-11)26-17(19,20)21/h1-8H,9-10H2,(H,22,23). The summed E-state index contributed by atoms with van der Waals surface area (Å²) in [5.41, 5.74) is 0.217. The van der Waals surface area contributed by atoms with Gasteiger partial charge >= 0.3 is 12.3 Å². The molecule has 1 amide bonds. The predicted octanol–water partition coefficient (Wildman–Crippen LogP) is 3.20. The van der Waals surface area contributed by atoms with Crippen molar-refractivity contribution in [2.24, 2.45) is 0 Å². The van der Waals surface area contributed by atoms with Crippen molar-refractivity contribution in [2.75, 3.05) is 6.61 Å². The van der Waals surface area contributed by atoms with Crippen molar-refractivity contribution in [3.05, 3.63) is 65.5 Å². The average molecular weight is 371 g/mol. The van der Waals surface area contributed by atoms with E-state index in [4.69, 9.17) is 4.74 Å². The lowest BCUT2D eigenvalue weighted by atomic mass is 10.2. The Balaban J connectivity index is 1.80. The Morgan fingerprint density at radius 1 is 1.00 bits per heavy atom. The largest absolute Gasteiger partial charge is 0.573 e. The summed E-state index contributed by atoms with van der Waals surface area (Å²) in [5.74, 6) is -2.52. The Labute approximate surface area is 145 Å². The molecule has 0 radical (unpaired) electrons. The number of carbonyl (C=O) groups is 2. The molecule has 9 heteroatoms. The monoisotopic (exact) mass is 371 g/mol. The second kappa shape index (κ2) is 8.32. The van der Waals surface area contributed by atoms with Crippen LogP contribution >= 0.6 is 0 Å². The van der Waals surface area contributed by atoms with E-state index in [-0.39, 0.29) is 17.7 Å². The highest BCUT2D eigenvalue weighted by atomic mass is 19.4. The number of amides is 1. The fourth-order valence-corrected chi connectivity index (χ4v) is 1.89. The van der Waals surface area contributed by atoms with Gasteiger partial charge in [-0.2, -0.15) is 0 Å². The molecule has 5 nitrogen and oxygen atoms in total. The number of hydrogen-bond donors (Lipinski definition) is 1. The molecule has 0 aromatic heterocycles. The number of hydrogen-bond acceptors (Lipinski definition) is 4. The summed E-state index contributed by atoms with van der Waals surface area (Å²) in [4.78, 5) is 23.4. The lowest BCUT2D eigenvalue weighted by molar-refractivity contribution is -0.274. The first-order chi connectivity index (χ1) is 12.2. The average Bonchev–Trinajstić information content (AvgIpc) is 2.58. The molecule has 0 saturated heterocycles. The van der Waals surface area contributed by atoms with Crippen LogP contribution in [0.15, 0.2) is 48.5 Å². The Bertz CT molecular complexity index is 775. The minimum Gasteiger partial charge on any atom is -0.452 e. The van der Waals surface area contributed by atoms with E-state index in [1.807, 2.05) is 0 Å². The van der Waals surface area contributed by atoms with E-state index in [1.54, 1.807) is 6.07 Å². The number of esters is 1. The normalized spacial score (nSPS) is 10.9. The lowest BCUT2D eigenvalue weighted by Gasteiger charge is -2.09. The molecule has 0 fully saturated rings. The summed E-state index contributed by atoms with van der Waals surface area (Å²) < 4.78 is 58.0. The molecule has 0 atom stereocenters. The van der Waals surface area contributed by atoms with Gasteiger partial charge in [0, 0.05) is 12.1 Å². The zero-order chi connectivity index (χ0) is 19.2. The maximum absolute atomic E-state index is 13.4. The topological polar surface area (TPSA) is 64.6 Å². The molecule has 138 valence electrons. The van der Waals surface area contributed by atoms with Crippen LogP contribution in [0.1, 0.15) is 15.9 Å². The zero-order valence-electron chi connectivity index (χ0n) is 13.2. The van der Waals surface area contributed by atoms with Crippen molar-refractivity contribution >= 4 is 11.9 Å². The molecular formula is C17H13F4NO4. The summed E-state index contributed by atoms with van der Waals surface area (Å²) in [6.07, 6.45) is -4.83. The number of rotatable bonds is 6. The molecule has 0 heterocycles. The van der Waals surface area contributed by atoms with Crippen molar-refractivity contribution in [2.45, 2.75) is 12.9 Å². The van der Waals surface area contributed by atoms with Crippen LogP contribution in [0.5, 0.6) is 5.75 Å². The molecule has 2 aromatic carbocycles. The minimum atomic E-state index is -4.83. The van der Waals surface area contributed by atoms with Crippen LogP contribution in [-0.2, 0) is 16.1 Å². The van der Waals surface area contributed by atoms with Gasteiger partial charge in [-0.25, -0.2) is 9.18 Å². The van der Waals surface area contributed by atoms with Crippen LogP contribution < -0.4 is 10.1 Å². The Kier molecular flexibility index (Phi) is 6.16. The highest BCUT2D eigenvalue weighted by Crippen LogP contribution is 2.22. The zero-order valence-corrected chi connectivity index (χ0v) is 13.2. The number of carbonyl (C=O) groups excluding carboxylic acids is 2. The third-order valence-corrected chi connectivity index (χ3v) is 3.09. The summed E-state index contributed by atoms with van der Waals surface area (Å²) in [6, 6.07) is 9.88. The Morgan fingerprint density at radius 2 is 1.65 bits per heavy atom. The van der Waals surface area contributed by atoms with Crippen LogP contribution in [0.3, 0.4) is 0 Å². The first-order valence-electron chi connectivity index (χ1n) is 7.27. The van der Waals surface area contributed by atoms with Crippen LogP contribution in [0.2, 0.25) is 0 Å². The number of benzene rings is 2. The first-order valence-corrected chi connectivity index (χ1v) is 7.27. The summed E-state index contributed by atoms with van der Waals surface area (Å²) >= 11 is 0. The summed E-state index contributed by atoms with van der Waals surface area (Å²) in [5, 5.41) is 2.38. The quantitative estimate of drug-likeness (QED) is 0.626. The van der Waals surface area contributed by atoms with Gasteiger partial charge < -0.3 is 14.8 Å². The van der Waals surface area contributed by atoms with E-state index in [0.717, 1.165) is 24.3 Å². The van der Waals surface area contributed by atoms with Crippen molar-refractivity contribution < 1.29 is 36.6 Å². The van der Waals surface area contributed by atoms with Crippen molar-refractivity contribution in [3.8, 4) is 5.75 Å². The first kappa shape index (κ1) is 19.2. The number of halogens is 4. The van der Waals surface area contributed by atoms with E-state index in [2.05, 4.69) is 10.1 Å². The fraction of sp³-hybridized carbons (Fsp3) is 0.176. The summed E-state index contributed by atoms with van der Waals surface area (Å²) in [6.45, 7) is -0.694. The maximum Gasteiger partial charge on any atom is 0.573 e. The van der Waals surface area contributed by atoms with E-state index < -0.39 is 36.4 Å². The van der Waals surface area contributed by atoms with E-state index >= 15 is 0 Å². The highest BCUT2D eigenvalue weighted by molar-refractivity contribution is 5.91. The van der Waals surface area contributed by atoms with Crippen LogP contribution in [-0.4, -0.2) is 24.8 Å². The molecule has 0 aliphatic heterocycles. The second-order valence-electron chi connectivity index (χ2n) is 5.02. The van der Waals surface area contributed by atoms with Gasteiger partial charge in [0.15, 0.2) is 6.61 Å². The van der Waals surface area contributed by atoms with Gasteiger partial charge in [-0.15, -0.1) is 13.2 Å². The molecule has 0 spiro atoms. The second-order valence-corrected chi connectivity index (χ2v) is 5.02. The van der Waals surface area contributed by atoms with Gasteiger partial charge in [-0.1, -0.05) is 18.2 Å². The third-order valence-electron chi connectivity index (χ3n) is 3.09. The highest BCUT2D eigenvalue weighted by Gasteiger charge is 2.31. The number of ether oxygens (including phenoxy) is 2. The van der Waals surface area contributed by atoms with E-state index in [0.29, 0.717) is 0 Å².